The molecule has 2 aliphatic rings. The highest BCUT2D eigenvalue weighted by Gasteiger charge is 2.31. The average molecular weight is 399 g/mol. The second-order valence-electron chi connectivity index (χ2n) is 7.66. The van der Waals surface area contributed by atoms with Crippen molar-refractivity contribution in [1.29, 1.82) is 0 Å². The summed E-state index contributed by atoms with van der Waals surface area (Å²) in [6.45, 7) is 9.93. The number of amides is 1. The molecule has 2 aliphatic heterocycles. The average Bonchev–Trinajstić information content (AvgIpc) is 3.33. The smallest absolute Gasteiger partial charge is 0.240 e. The maximum Gasteiger partial charge on any atom is 0.240 e. The number of carbonyl (C=O) groups excluding carboxylic acids is 1. The van der Waals surface area contributed by atoms with E-state index in [9.17, 15) is 4.79 Å². The molecule has 0 aliphatic carbocycles. The van der Waals surface area contributed by atoms with Crippen molar-refractivity contribution in [1.82, 2.24) is 19.8 Å². The van der Waals surface area contributed by atoms with Gasteiger partial charge < -0.3 is 19.5 Å². The Balaban J connectivity index is 1.56. The molecule has 6 bridgehead atoms. The first kappa shape index (κ1) is 18.4. The zero-order valence-corrected chi connectivity index (χ0v) is 16.4. The molecular weight excluding hydrogens is 378 g/mol. The fourth-order valence-corrected chi connectivity index (χ4v) is 4.03. The molecule has 1 atom stereocenters. The number of hydrogen-bond donors (Lipinski definition) is 1. The van der Waals surface area contributed by atoms with Crippen molar-refractivity contribution in [3.63, 3.8) is 0 Å². The minimum Gasteiger partial charge on any atom is -0.468 e. The molecular formula is C23H21N5O2. The molecule has 3 aromatic rings. The topological polar surface area (TPSA) is 63.8 Å². The van der Waals surface area contributed by atoms with E-state index in [-0.39, 0.29) is 11.9 Å². The van der Waals surface area contributed by atoms with Crippen LogP contribution in [0.4, 0.5) is 5.69 Å². The lowest BCUT2D eigenvalue weighted by molar-refractivity contribution is -0.129. The molecule has 0 spiro atoms. The number of benzene rings is 2. The van der Waals surface area contributed by atoms with E-state index >= 15 is 0 Å². The van der Waals surface area contributed by atoms with Crippen LogP contribution in [0.5, 0.6) is 11.5 Å². The van der Waals surface area contributed by atoms with Crippen LogP contribution in [0, 0.1) is 6.57 Å². The lowest BCUT2D eigenvalue weighted by Crippen LogP contribution is -2.38. The van der Waals surface area contributed by atoms with Gasteiger partial charge in [-0.05, 0) is 35.7 Å². The number of imidazole rings is 1. The SMILES string of the molecule is [C-]#[N+]c1ccc2cc1Oc1cccc(c1)CN1CC[C@H](NCc3cncn3C2)C1=O. The van der Waals surface area contributed by atoms with E-state index in [0.717, 1.165) is 29.8 Å². The van der Waals surface area contributed by atoms with Gasteiger partial charge >= 0.3 is 0 Å². The summed E-state index contributed by atoms with van der Waals surface area (Å²) >= 11 is 0. The first-order valence-corrected chi connectivity index (χ1v) is 9.98. The summed E-state index contributed by atoms with van der Waals surface area (Å²) in [5, 5.41) is 3.40. The Morgan fingerprint density at radius 1 is 1.17 bits per heavy atom. The second kappa shape index (κ2) is 7.65. The highest BCUT2D eigenvalue weighted by Crippen LogP contribution is 2.34. The van der Waals surface area contributed by atoms with Crippen molar-refractivity contribution in [2.45, 2.75) is 32.1 Å². The van der Waals surface area contributed by atoms with Crippen LogP contribution in [0.3, 0.4) is 0 Å². The lowest BCUT2D eigenvalue weighted by atomic mass is 10.1. The molecule has 2 aromatic carbocycles. The number of ether oxygens (including phenoxy) is 1. The number of fused-ring (bicyclic) bond motifs is 7. The molecule has 0 radical (unpaired) electrons. The van der Waals surface area contributed by atoms with Crippen molar-refractivity contribution < 1.29 is 9.53 Å². The van der Waals surface area contributed by atoms with Crippen LogP contribution in [0.15, 0.2) is 55.0 Å². The van der Waals surface area contributed by atoms with Gasteiger partial charge in [-0.2, -0.15) is 0 Å². The van der Waals surface area contributed by atoms with Gasteiger partial charge in [-0.3, -0.25) is 4.79 Å². The molecule has 1 saturated heterocycles. The van der Waals surface area contributed by atoms with E-state index in [1.165, 1.54) is 0 Å². The summed E-state index contributed by atoms with van der Waals surface area (Å²) in [6.07, 6.45) is 4.40. The Morgan fingerprint density at radius 3 is 2.97 bits per heavy atom. The van der Waals surface area contributed by atoms with Gasteiger partial charge in [-0.1, -0.05) is 24.3 Å². The predicted molar refractivity (Wildman–Crippen MR) is 111 cm³/mol. The Morgan fingerprint density at radius 2 is 2.07 bits per heavy atom. The van der Waals surface area contributed by atoms with Crippen molar-refractivity contribution in [2.24, 2.45) is 0 Å². The normalized spacial score (nSPS) is 18.4. The molecule has 1 aromatic heterocycles. The highest BCUT2D eigenvalue weighted by atomic mass is 16.5. The second-order valence-corrected chi connectivity index (χ2v) is 7.66. The molecule has 7 heteroatoms. The molecule has 1 amide bonds. The molecule has 150 valence electrons. The Kier molecular flexibility index (Phi) is 4.69. The Bertz CT molecular complexity index is 1150. The van der Waals surface area contributed by atoms with Gasteiger partial charge in [0.05, 0.1) is 24.6 Å². The van der Waals surface area contributed by atoms with Crippen molar-refractivity contribution in [3.8, 4) is 11.5 Å². The maximum absolute atomic E-state index is 12.8. The highest BCUT2D eigenvalue weighted by molar-refractivity contribution is 5.84. The van der Waals surface area contributed by atoms with Crippen LogP contribution in [-0.4, -0.2) is 32.9 Å². The lowest BCUT2D eigenvalue weighted by Gasteiger charge is -2.19. The van der Waals surface area contributed by atoms with E-state index < -0.39 is 0 Å². The van der Waals surface area contributed by atoms with Crippen LogP contribution in [0.25, 0.3) is 4.85 Å². The third-order valence-electron chi connectivity index (χ3n) is 5.62. The van der Waals surface area contributed by atoms with Gasteiger partial charge in [0, 0.05) is 32.4 Å². The Hall–Kier alpha value is -3.63. The van der Waals surface area contributed by atoms with Crippen LogP contribution >= 0.6 is 0 Å². The minimum absolute atomic E-state index is 0.125. The third-order valence-corrected chi connectivity index (χ3v) is 5.62. The van der Waals surface area contributed by atoms with Gasteiger partial charge in [0.25, 0.3) is 0 Å². The first-order chi connectivity index (χ1) is 14.7. The molecule has 1 N–H and O–H groups in total. The number of hydrogen-bond acceptors (Lipinski definition) is 4. The van der Waals surface area contributed by atoms with Gasteiger partial charge in [0.15, 0.2) is 0 Å². The number of nitrogens with one attached hydrogen (secondary N) is 1. The number of carbonyl (C=O) groups is 1. The van der Waals surface area contributed by atoms with Crippen molar-refractivity contribution in [2.75, 3.05) is 6.54 Å². The van der Waals surface area contributed by atoms with E-state index in [1.807, 2.05) is 52.1 Å². The number of rotatable bonds is 0. The largest absolute Gasteiger partial charge is 0.468 e. The Labute approximate surface area is 174 Å². The standard InChI is InChI=1S/C23H21N5O2/c1-24-20-6-5-17-10-22(20)30-19-4-2-3-16(9-19)13-27-8-7-21(23(27)29)26-12-18-11-25-15-28(18)14-17/h2-6,9-11,15,21,26H,7-8,12-14H2/t21-/m0/s1. The fourth-order valence-electron chi connectivity index (χ4n) is 4.03. The minimum atomic E-state index is -0.176. The predicted octanol–water partition coefficient (Wildman–Crippen LogP) is 3.48. The maximum atomic E-state index is 12.8. The molecule has 3 heterocycles. The summed E-state index contributed by atoms with van der Waals surface area (Å²) < 4.78 is 8.15. The van der Waals surface area contributed by atoms with Crippen LogP contribution < -0.4 is 10.1 Å². The molecule has 0 saturated carbocycles. The van der Waals surface area contributed by atoms with Gasteiger partial charge in [-0.15, -0.1) is 0 Å². The molecule has 5 rings (SSSR count). The monoisotopic (exact) mass is 399 g/mol. The zero-order chi connectivity index (χ0) is 20.5. The summed E-state index contributed by atoms with van der Waals surface area (Å²) in [7, 11) is 0. The van der Waals surface area contributed by atoms with E-state index in [1.54, 1.807) is 12.4 Å². The van der Waals surface area contributed by atoms with Gasteiger partial charge in [0.1, 0.15) is 11.5 Å². The fraction of sp³-hybridized carbons (Fsp3) is 0.261. The van der Waals surface area contributed by atoms with Crippen LogP contribution in [0.2, 0.25) is 0 Å². The number of nitrogens with zero attached hydrogens (tertiary/aromatic N) is 4. The van der Waals surface area contributed by atoms with E-state index in [4.69, 9.17) is 11.3 Å². The summed E-state index contributed by atoms with van der Waals surface area (Å²) in [5.41, 5.74) is 3.50. The molecule has 0 unspecified atom stereocenters. The van der Waals surface area contributed by atoms with Crippen LogP contribution in [0.1, 0.15) is 23.2 Å². The molecule has 7 nitrogen and oxygen atoms in total. The van der Waals surface area contributed by atoms with Gasteiger partial charge in [-0.25, -0.2) is 9.83 Å². The third kappa shape index (κ3) is 3.53. The van der Waals surface area contributed by atoms with Gasteiger partial charge in [0.2, 0.25) is 11.6 Å². The van der Waals surface area contributed by atoms with E-state index in [2.05, 4.69) is 15.1 Å². The molecule has 1 fully saturated rings. The quantitative estimate of drug-likeness (QED) is 0.588. The van der Waals surface area contributed by atoms with E-state index in [0.29, 0.717) is 36.8 Å². The zero-order valence-electron chi connectivity index (χ0n) is 16.4. The summed E-state index contributed by atoms with van der Waals surface area (Å²) in [5.74, 6) is 1.31. The first-order valence-electron chi connectivity index (χ1n) is 9.98. The molecule has 30 heavy (non-hydrogen) atoms. The van der Waals surface area contributed by atoms with Crippen LogP contribution in [-0.2, 0) is 24.4 Å². The summed E-state index contributed by atoms with van der Waals surface area (Å²) in [4.78, 5) is 22.6. The summed E-state index contributed by atoms with van der Waals surface area (Å²) in [6, 6.07) is 13.2. The number of aromatic nitrogens is 2. The van der Waals surface area contributed by atoms with Crippen molar-refractivity contribution in [3.05, 3.63) is 83.2 Å². The van der Waals surface area contributed by atoms with Crippen molar-refractivity contribution >= 4 is 11.6 Å².